The van der Waals surface area contributed by atoms with Crippen molar-refractivity contribution in [2.24, 2.45) is 7.05 Å². The molecule has 9 heteroatoms. The number of halogens is 1. The van der Waals surface area contributed by atoms with E-state index < -0.39 is 16.1 Å². The fourth-order valence-corrected chi connectivity index (χ4v) is 5.04. The van der Waals surface area contributed by atoms with Crippen molar-refractivity contribution in [2.45, 2.75) is 24.1 Å². The maximum atomic E-state index is 12.2. The zero-order chi connectivity index (χ0) is 14.2. The Morgan fingerprint density at radius 1 is 1.53 bits per heavy atom. The van der Waals surface area contributed by atoms with Crippen molar-refractivity contribution < 1.29 is 8.42 Å². The van der Waals surface area contributed by atoms with Gasteiger partial charge in [-0.05, 0) is 41.4 Å². The van der Waals surface area contributed by atoms with E-state index in [-0.39, 0.29) is 4.21 Å². The smallest absolute Gasteiger partial charge is 0.250 e. The van der Waals surface area contributed by atoms with Gasteiger partial charge in [-0.15, -0.1) is 21.5 Å². The first-order chi connectivity index (χ1) is 8.81. The van der Waals surface area contributed by atoms with Gasteiger partial charge in [0.1, 0.15) is 16.4 Å². The maximum absolute atomic E-state index is 12.2. The molecule has 0 aromatic carbocycles. The van der Waals surface area contributed by atoms with Gasteiger partial charge in [-0.3, -0.25) is 0 Å². The van der Waals surface area contributed by atoms with E-state index in [0.717, 1.165) is 9.35 Å². The third-order valence-corrected chi connectivity index (χ3v) is 6.72. The number of sulfonamides is 1. The molecule has 2 heterocycles. The largest absolute Gasteiger partial charge is 0.319 e. The molecule has 0 bridgehead atoms. The van der Waals surface area contributed by atoms with Crippen molar-refractivity contribution in [3.63, 3.8) is 0 Å². The molecule has 0 saturated heterocycles. The lowest BCUT2D eigenvalue weighted by Crippen LogP contribution is -2.28. The fourth-order valence-electron chi connectivity index (χ4n) is 1.59. The minimum Gasteiger partial charge on any atom is -0.319 e. The Hall–Kier alpha value is -0.770. The fraction of sp³-hybridized carbons (Fsp3) is 0.400. The standard InChI is InChI=1S/C10H13BrN4O2S2/c1-6-4-8(18-9(6)11)19(16,17)14-7(2)10-13-12-5-15(10)3/h4-5,7,14H,1-3H3. The number of nitrogens with one attached hydrogen (secondary N) is 1. The minimum atomic E-state index is -3.55. The second-order valence-corrected chi connectivity index (χ2v) is 8.48. The topological polar surface area (TPSA) is 76.9 Å². The molecule has 104 valence electrons. The van der Waals surface area contributed by atoms with Crippen LogP contribution in [0.15, 0.2) is 20.4 Å². The summed E-state index contributed by atoms with van der Waals surface area (Å²) in [5, 5.41) is 7.63. The summed E-state index contributed by atoms with van der Waals surface area (Å²) in [6.07, 6.45) is 1.53. The van der Waals surface area contributed by atoms with E-state index >= 15 is 0 Å². The molecule has 0 saturated carbocycles. The van der Waals surface area contributed by atoms with Crippen LogP contribution in [0.2, 0.25) is 0 Å². The lowest BCUT2D eigenvalue weighted by molar-refractivity contribution is 0.555. The molecule has 1 N–H and O–H groups in total. The summed E-state index contributed by atoms with van der Waals surface area (Å²) in [6, 6.07) is 1.19. The van der Waals surface area contributed by atoms with E-state index in [1.54, 1.807) is 24.6 Å². The quantitative estimate of drug-likeness (QED) is 0.899. The lowest BCUT2D eigenvalue weighted by Gasteiger charge is -2.12. The molecule has 1 atom stereocenters. The van der Waals surface area contributed by atoms with Crippen LogP contribution in [0.3, 0.4) is 0 Å². The molecule has 0 aliphatic heterocycles. The summed E-state index contributed by atoms with van der Waals surface area (Å²) in [7, 11) is -1.78. The Morgan fingerprint density at radius 2 is 2.21 bits per heavy atom. The van der Waals surface area contributed by atoms with Gasteiger partial charge in [-0.2, -0.15) is 0 Å². The molecule has 2 rings (SSSR count). The van der Waals surface area contributed by atoms with Gasteiger partial charge in [0, 0.05) is 7.05 Å². The van der Waals surface area contributed by atoms with Crippen LogP contribution in [0.5, 0.6) is 0 Å². The van der Waals surface area contributed by atoms with Crippen LogP contribution in [0, 0.1) is 6.92 Å². The average molecular weight is 365 g/mol. The van der Waals surface area contributed by atoms with Gasteiger partial charge in [0.25, 0.3) is 10.0 Å². The molecule has 1 unspecified atom stereocenters. The van der Waals surface area contributed by atoms with Crippen molar-refractivity contribution in [3.05, 3.63) is 27.6 Å². The lowest BCUT2D eigenvalue weighted by atomic mass is 10.3. The zero-order valence-electron chi connectivity index (χ0n) is 10.6. The van der Waals surface area contributed by atoms with Gasteiger partial charge in [0.05, 0.1) is 9.83 Å². The number of aryl methyl sites for hydroxylation is 2. The second-order valence-electron chi connectivity index (χ2n) is 4.17. The van der Waals surface area contributed by atoms with Crippen LogP contribution in [0.25, 0.3) is 0 Å². The summed E-state index contributed by atoms with van der Waals surface area (Å²) in [5.41, 5.74) is 0.900. The van der Waals surface area contributed by atoms with E-state index in [2.05, 4.69) is 30.8 Å². The molecule has 19 heavy (non-hydrogen) atoms. The summed E-state index contributed by atoms with van der Waals surface area (Å²) in [6.45, 7) is 3.59. The molecule has 6 nitrogen and oxygen atoms in total. The second kappa shape index (κ2) is 5.31. The summed E-state index contributed by atoms with van der Waals surface area (Å²) in [5.74, 6) is 0.566. The molecule has 0 fully saturated rings. The minimum absolute atomic E-state index is 0.283. The maximum Gasteiger partial charge on any atom is 0.250 e. The molecule has 0 radical (unpaired) electrons. The molecule has 2 aromatic heterocycles. The van der Waals surface area contributed by atoms with Crippen molar-refractivity contribution >= 4 is 37.3 Å². The van der Waals surface area contributed by atoms with E-state index in [4.69, 9.17) is 0 Å². The molecule has 0 aliphatic rings. The van der Waals surface area contributed by atoms with Crippen LogP contribution < -0.4 is 4.72 Å². The van der Waals surface area contributed by atoms with Gasteiger partial charge in [-0.25, -0.2) is 13.1 Å². The Labute approximate surface area is 124 Å². The van der Waals surface area contributed by atoms with Crippen LogP contribution in [0.1, 0.15) is 24.4 Å². The van der Waals surface area contributed by atoms with E-state index in [1.807, 2.05) is 6.92 Å². The van der Waals surface area contributed by atoms with Crippen LogP contribution >= 0.6 is 27.3 Å². The van der Waals surface area contributed by atoms with Gasteiger partial charge >= 0.3 is 0 Å². The predicted molar refractivity (Wildman–Crippen MR) is 76.5 cm³/mol. The first-order valence-electron chi connectivity index (χ1n) is 5.43. The molecular weight excluding hydrogens is 352 g/mol. The average Bonchev–Trinajstić information content (AvgIpc) is 2.86. The normalized spacial score (nSPS) is 13.7. The van der Waals surface area contributed by atoms with Crippen LogP contribution in [0.4, 0.5) is 0 Å². The predicted octanol–water partition coefficient (Wildman–Crippen LogP) is 1.99. The number of rotatable bonds is 4. The van der Waals surface area contributed by atoms with Crippen molar-refractivity contribution in [1.29, 1.82) is 0 Å². The van der Waals surface area contributed by atoms with Crippen molar-refractivity contribution in [2.75, 3.05) is 0 Å². The van der Waals surface area contributed by atoms with Crippen LogP contribution in [-0.4, -0.2) is 23.2 Å². The van der Waals surface area contributed by atoms with Crippen LogP contribution in [-0.2, 0) is 17.1 Å². The summed E-state index contributed by atoms with van der Waals surface area (Å²) in [4.78, 5) is 0. The van der Waals surface area contributed by atoms with Gasteiger partial charge < -0.3 is 4.57 Å². The number of hydrogen-bond acceptors (Lipinski definition) is 5. The molecular formula is C10H13BrN4O2S2. The molecule has 0 aliphatic carbocycles. The van der Waals surface area contributed by atoms with Crippen molar-refractivity contribution in [3.8, 4) is 0 Å². The number of hydrogen-bond donors (Lipinski definition) is 1. The van der Waals surface area contributed by atoms with Gasteiger partial charge in [-0.1, -0.05) is 0 Å². The highest BCUT2D eigenvalue weighted by Gasteiger charge is 2.23. The number of thiophene rings is 1. The van der Waals surface area contributed by atoms with Crippen molar-refractivity contribution in [1.82, 2.24) is 19.5 Å². The summed E-state index contributed by atoms with van der Waals surface area (Å²) < 4.78 is 29.9. The Kier molecular flexibility index (Phi) is 4.09. The Morgan fingerprint density at radius 3 is 2.68 bits per heavy atom. The molecule has 2 aromatic rings. The monoisotopic (exact) mass is 364 g/mol. The molecule has 0 amide bonds. The Bertz CT molecular complexity index is 673. The highest BCUT2D eigenvalue weighted by atomic mass is 79.9. The van der Waals surface area contributed by atoms with Gasteiger partial charge in [0.15, 0.2) is 0 Å². The SMILES string of the molecule is Cc1cc(S(=O)(=O)NC(C)c2nncn2C)sc1Br. The summed E-state index contributed by atoms with van der Waals surface area (Å²) >= 11 is 4.51. The number of aromatic nitrogens is 3. The van der Waals surface area contributed by atoms with E-state index in [1.165, 1.54) is 17.7 Å². The number of nitrogens with zero attached hydrogens (tertiary/aromatic N) is 3. The first kappa shape index (κ1) is 14.6. The highest BCUT2D eigenvalue weighted by molar-refractivity contribution is 9.11. The third-order valence-electron chi connectivity index (χ3n) is 2.57. The first-order valence-corrected chi connectivity index (χ1v) is 8.52. The van der Waals surface area contributed by atoms with Gasteiger partial charge in [0.2, 0.25) is 0 Å². The zero-order valence-corrected chi connectivity index (χ0v) is 13.8. The molecule has 0 spiro atoms. The van der Waals surface area contributed by atoms with E-state index in [9.17, 15) is 8.42 Å². The third kappa shape index (κ3) is 3.04. The Balaban J connectivity index is 2.25. The van der Waals surface area contributed by atoms with E-state index in [0.29, 0.717) is 5.82 Å². The highest BCUT2D eigenvalue weighted by Crippen LogP contribution is 2.31.